The number of aliphatic hydroxyl groups is 1. The molecular formula is C10H15N3O2. The Bertz CT molecular complexity index is 359. The van der Waals surface area contributed by atoms with Gasteiger partial charge in [0.1, 0.15) is 0 Å². The van der Waals surface area contributed by atoms with Gasteiger partial charge in [-0.1, -0.05) is 12.1 Å². The van der Waals surface area contributed by atoms with E-state index in [1.165, 1.54) is 0 Å². The second kappa shape index (κ2) is 4.44. The predicted molar refractivity (Wildman–Crippen MR) is 55.6 cm³/mol. The van der Waals surface area contributed by atoms with Gasteiger partial charge >= 0.3 is 0 Å². The molecular weight excluding hydrogens is 194 g/mol. The largest absolute Gasteiger partial charge is 0.392 e. The van der Waals surface area contributed by atoms with E-state index < -0.39 is 0 Å². The van der Waals surface area contributed by atoms with Crippen molar-refractivity contribution in [3.8, 4) is 0 Å². The molecule has 0 saturated heterocycles. The topological polar surface area (TPSA) is 59.6 Å². The van der Waals surface area contributed by atoms with Crippen LogP contribution in [0, 0.1) is 0 Å². The summed E-state index contributed by atoms with van der Waals surface area (Å²) in [5.41, 5.74) is 1.86. The zero-order valence-electron chi connectivity index (χ0n) is 8.76. The zero-order chi connectivity index (χ0) is 10.7. The van der Waals surface area contributed by atoms with Crippen molar-refractivity contribution in [1.29, 1.82) is 0 Å². The number of rotatable bonds is 4. The van der Waals surface area contributed by atoms with Crippen molar-refractivity contribution >= 4 is 5.71 Å². The fourth-order valence-corrected chi connectivity index (χ4v) is 1.56. The fraction of sp³-hybridized carbons (Fsp3) is 0.600. The summed E-state index contributed by atoms with van der Waals surface area (Å²) >= 11 is 0. The molecule has 1 N–H and O–H groups in total. The lowest BCUT2D eigenvalue weighted by Gasteiger charge is -2.00. The third-order valence-corrected chi connectivity index (χ3v) is 2.36. The average molecular weight is 209 g/mol. The van der Waals surface area contributed by atoms with E-state index in [1.54, 1.807) is 6.20 Å². The van der Waals surface area contributed by atoms with Gasteiger partial charge in [-0.15, -0.1) is 0 Å². The van der Waals surface area contributed by atoms with Crippen LogP contribution in [-0.2, 0) is 11.4 Å². The Morgan fingerprint density at radius 1 is 1.67 bits per heavy atom. The lowest BCUT2D eigenvalue weighted by Crippen LogP contribution is -2.12. The highest BCUT2D eigenvalue weighted by Gasteiger charge is 2.21. The number of aromatic nitrogens is 2. The van der Waals surface area contributed by atoms with Crippen LogP contribution in [0.25, 0.3) is 0 Å². The molecule has 1 aromatic rings. The molecule has 1 aliphatic heterocycles. The minimum atomic E-state index is -0.186. The summed E-state index contributed by atoms with van der Waals surface area (Å²) in [5.74, 6) is 0. The Morgan fingerprint density at radius 3 is 3.20 bits per heavy atom. The van der Waals surface area contributed by atoms with Gasteiger partial charge in [0.25, 0.3) is 0 Å². The number of nitrogens with zero attached hydrogens (tertiary/aromatic N) is 3. The van der Waals surface area contributed by atoms with Crippen LogP contribution in [0.3, 0.4) is 0 Å². The van der Waals surface area contributed by atoms with E-state index in [4.69, 9.17) is 9.94 Å². The normalized spacial score (nSPS) is 20.1. The van der Waals surface area contributed by atoms with E-state index in [9.17, 15) is 0 Å². The number of aryl methyl sites for hydroxylation is 1. The Hall–Kier alpha value is -1.36. The number of hydrogen-bond acceptors (Lipinski definition) is 4. The van der Waals surface area contributed by atoms with Crippen molar-refractivity contribution < 1.29 is 9.94 Å². The maximum absolute atomic E-state index is 8.90. The minimum absolute atomic E-state index is 0.0100. The standard InChI is InChI=1S/C10H15N3O2/c1-2-3-13-6-8(5-11-13)10-4-9(7-14)15-12-10/h5-6,9,14H,2-4,7H2,1H3. The second-order valence-electron chi connectivity index (χ2n) is 3.64. The Morgan fingerprint density at radius 2 is 2.53 bits per heavy atom. The molecule has 0 saturated carbocycles. The first-order valence-electron chi connectivity index (χ1n) is 5.20. The van der Waals surface area contributed by atoms with Crippen LogP contribution in [0.15, 0.2) is 17.5 Å². The van der Waals surface area contributed by atoms with Crippen molar-refractivity contribution in [1.82, 2.24) is 9.78 Å². The van der Waals surface area contributed by atoms with Crippen LogP contribution in [0.1, 0.15) is 25.3 Å². The van der Waals surface area contributed by atoms with Crippen LogP contribution >= 0.6 is 0 Å². The van der Waals surface area contributed by atoms with Crippen molar-refractivity contribution in [3.63, 3.8) is 0 Å². The molecule has 0 aromatic carbocycles. The van der Waals surface area contributed by atoms with E-state index in [0.29, 0.717) is 6.42 Å². The maximum Gasteiger partial charge on any atom is 0.156 e. The highest BCUT2D eigenvalue weighted by Crippen LogP contribution is 2.15. The fourth-order valence-electron chi connectivity index (χ4n) is 1.56. The molecule has 2 rings (SSSR count). The van der Waals surface area contributed by atoms with Crippen LogP contribution in [0.4, 0.5) is 0 Å². The third kappa shape index (κ3) is 2.18. The van der Waals surface area contributed by atoms with Gasteiger partial charge in [-0.3, -0.25) is 4.68 Å². The molecule has 82 valence electrons. The predicted octanol–water partition coefficient (Wildman–Crippen LogP) is 0.778. The minimum Gasteiger partial charge on any atom is -0.392 e. The average Bonchev–Trinajstić information content (AvgIpc) is 2.85. The van der Waals surface area contributed by atoms with Crippen molar-refractivity contribution in [2.45, 2.75) is 32.4 Å². The van der Waals surface area contributed by atoms with Crippen molar-refractivity contribution in [3.05, 3.63) is 18.0 Å². The van der Waals surface area contributed by atoms with Crippen molar-refractivity contribution in [2.24, 2.45) is 5.16 Å². The van der Waals surface area contributed by atoms with Gasteiger partial charge in [0, 0.05) is 24.7 Å². The summed E-state index contributed by atoms with van der Waals surface area (Å²) in [6.07, 6.45) is 5.29. The molecule has 2 heterocycles. The summed E-state index contributed by atoms with van der Waals surface area (Å²) in [4.78, 5) is 5.04. The summed E-state index contributed by atoms with van der Waals surface area (Å²) in [6, 6.07) is 0. The van der Waals surface area contributed by atoms with E-state index in [1.807, 2.05) is 10.9 Å². The number of hydrogen-bond donors (Lipinski definition) is 1. The second-order valence-corrected chi connectivity index (χ2v) is 3.64. The molecule has 15 heavy (non-hydrogen) atoms. The van der Waals surface area contributed by atoms with Crippen LogP contribution in [0.2, 0.25) is 0 Å². The van der Waals surface area contributed by atoms with E-state index in [2.05, 4.69) is 17.2 Å². The van der Waals surface area contributed by atoms with Crippen LogP contribution in [-0.4, -0.2) is 33.3 Å². The van der Waals surface area contributed by atoms with Crippen LogP contribution < -0.4 is 0 Å². The quantitative estimate of drug-likeness (QED) is 0.797. The summed E-state index contributed by atoms with van der Waals surface area (Å²) in [7, 11) is 0. The highest BCUT2D eigenvalue weighted by molar-refractivity contribution is 6.00. The molecule has 1 aliphatic rings. The van der Waals surface area contributed by atoms with E-state index in [-0.39, 0.29) is 12.7 Å². The lowest BCUT2D eigenvalue weighted by molar-refractivity contribution is 0.0390. The molecule has 1 unspecified atom stereocenters. The van der Waals surface area contributed by atoms with Gasteiger partial charge < -0.3 is 9.94 Å². The molecule has 0 spiro atoms. The van der Waals surface area contributed by atoms with Gasteiger partial charge in [0.2, 0.25) is 0 Å². The third-order valence-electron chi connectivity index (χ3n) is 2.36. The smallest absolute Gasteiger partial charge is 0.156 e. The maximum atomic E-state index is 8.90. The summed E-state index contributed by atoms with van der Waals surface area (Å²) in [6.45, 7) is 3.03. The molecule has 0 radical (unpaired) electrons. The Labute approximate surface area is 88.3 Å². The number of aliphatic hydroxyl groups excluding tert-OH is 1. The molecule has 1 aromatic heterocycles. The SMILES string of the molecule is CCCn1cc(C2=NOC(CO)C2)cn1. The van der Waals surface area contributed by atoms with Gasteiger partial charge in [-0.25, -0.2) is 0 Å². The van der Waals surface area contributed by atoms with E-state index in [0.717, 1.165) is 24.2 Å². The Balaban J connectivity index is 2.04. The Kier molecular flexibility index (Phi) is 3.01. The molecule has 5 nitrogen and oxygen atoms in total. The molecule has 0 fully saturated rings. The molecule has 5 heteroatoms. The molecule has 0 amide bonds. The summed E-state index contributed by atoms with van der Waals surface area (Å²) in [5, 5.41) is 17.1. The number of oxime groups is 1. The van der Waals surface area contributed by atoms with Crippen molar-refractivity contribution in [2.75, 3.05) is 6.61 Å². The van der Waals surface area contributed by atoms with E-state index >= 15 is 0 Å². The molecule has 0 bridgehead atoms. The first kappa shape index (κ1) is 10.2. The molecule has 1 atom stereocenters. The van der Waals surface area contributed by atoms with Crippen LogP contribution in [0.5, 0.6) is 0 Å². The lowest BCUT2D eigenvalue weighted by atomic mass is 10.1. The van der Waals surface area contributed by atoms with Gasteiger partial charge in [0.15, 0.2) is 6.10 Å². The summed E-state index contributed by atoms with van der Waals surface area (Å²) < 4.78 is 1.89. The molecule has 0 aliphatic carbocycles. The van der Waals surface area contributed by atoms with Gasteiger partial charge in [-0.2, -0.15) is 5.10 Å². The van der Waals surface area contributed by atoms with Gasteiger partial charge in [-0.05, 0) is 6.42 Å². The highest BCUT2D eigenvalue weighted by atomic mass is 16.6. The first-order valence-corrected chi connectivity index (χ1v) is 5.20. The van der Waals surface area contributed by atoms with Gasteiger partial charge in [0.05, 0.1) is 18.5 Å². The first-order chi connectivity index (χ1) is 7.33. The monoisotopic (exact) mass is 209 g/mol. The zero-order valence-corrected chi connectivity index (χ0v) is 8.76.